The van der Waals surface area contributed by atoms with E-state index in [0.717, 1.165) is 0 Å². The van der Waals surface area contributed by atoms with Gasteiger partial charge >= 0.3 is 0 Å². The van der Waals surface area contributed by atoms with Crippen LogP contribution in [0.3, 0.4) is 0 Å². The first-order chi connectivity index (χ1) is 7.65. The first-order valence-electron chi connectivity index (χ1n) is 4.74. The topological polar surface area (TPSA) is 37.4 Å². The van der Waals surface area contributed by atoms with E-state index < -0.39 is 11.7 Å². The minimum absolute atomic E-state index is 0.342. The molecule has 0 saturated heterocycles. The predicted octanol–water partition coefficient (Wildman–Crippen LogP) is 1.89. The second-order valence-electron chi connectivity index (χ2n) is 3.40. The van der Waals surface area contributed by atoms with Gasteiger partial charge in [-0.2, -0.15) is 0 Å². The van der Waals surface area contributed by atoms with Crippen LogP contribution in [-0.4, -0.2) is 18.2 Å². The largest absolute Gasteiger partial charge is 0.304 e. The maximum absolute atomic E-state index is 11.6. The zero-order chi connectivity index (χ0) is 11.7. The summed E-state index contributed by atoms with van der Waals surface area (Å²) < 4.78 is 0. The fourth-order valence-electron chi connectivity index (χ4n) is 1.67. The highest BCUT2D eigenvalue weighted by atomic mass is 35.5. The van der Waals surface area contributed by atoms with Crippen LogP contribution in [0.1, 0.15) is 16.8 Å². The molecule has 1 aliphatic heterocycles. The number of carbonyl (C=O) groups is 2. The van der Waals surface area contributed by atoms with Crippen molar-refractivity contribution < 1.29 is 9.59 Å². The molecule has 0 aromatic heterocycles. The van der Waals surface area contributed by atoms with Crippen molar-refractivity contribution in [3.8, 4) is 12.3 Å². The van der Waals surface area contributed by atoms with Crippen molar-refractivity contribution in [1.82, 2.24) is 0 Å². The third kappa shape index (κ3) is 1.58. The van der Waals surface area contributed by atoms with Crippen molar-refractivity contribution in [2.24, 2.45) is 0 Å². The van der Waals surface area contributed by atoms with Crippen molar-refractivity contribution >= 4 is 29.0 Å². The first kappa shape index (κ1) is 10.7. The molecule has 0 spiro atoms. The number of fused-ring (bicyclic) bond motifs is 1. The van der Waals surface area contributed by atoms with Gasteiger partial charge in [-0.3, -0.25) is 9.59 Å². The summed E-state index contributed by atoms with van der Waals surface area (Å²) in [6.45, 7) is 0.342. The van der Waals surface area contributed by atoms with Gasteiger partial charge in [-0.25, -0.2) is 0 Å². The molecule has 4 heteroatoms. The minimum Gasteiger partial charge on any atom is -0.304 e. The van der Waals surface area contributed by atoms with Crippen molar-refractivity contribution in [3.05, 3.63) is 28.8 Å². The summed E-state index contributed by atoms with van der Waals surface area (Å²) in [5, 5.41) is 0.493. The highest BCUT2D eigenvalue weighted by molar-refractivity contribution is 6.52. The van der Waals surface area contributed by atoms with Crippen LogP contribution in [-0.2, 0) is 4.79 Å². The summed E-state index contributed by atoms with van der Waals surface area (Å²) in [6.07, 6.45) is 5.55. The summed E-state index contributed by atoms with van der Waals surface area (Å²) in [5.41, 5.74) is 0.948. The zero-order valence-corrected chi connectivity index (χ0v) is 9.12. The highest BCUT2D eigenvalue weighted by Gasteiger charge is 2.35. The molecule has 16 heavy (non-hydrogen) atoms. The van der Waals surface area contributed by atoms with Crippen molar-refractivity contribution in [3.63, 3.8) is 0 Å². The molecule has 0 radical (unpaired) electrons. The molecule has 0 unspecified atom stereocenters. The molecule has 1 aliphatic rings. The van der Waals surface area contributed by atoms with E-state index in [4.69, 9.17) is 18.0 Å². The van der Waals surface area contributed by atoms with Gasteiger partial charge in [0.1, 0.15) is 0 Å². The van der Waals surface area contributed by atoms with Crippen LogP contribution < -0.4 is 4.90 Å². The van der Waals surface area contributed by atoms with Crippen LogP contribution in [0.5, 0.6) is 0 Å². The Kier molecular flexibility index (Phi) is 2.67. The minimum atomic E-state index is -0.535. The van der Waals surface area contributed by atoms with Crippen molar-refractivity contribution in [2.75, 3.05) is 11.4 Å². The Labute approximate surface area is 98.0 Å². The average Bonchev–Trinajstić information content (AvgIpc) is 2.50. The third-order valence-corrected chi connectivity index (χ3v) is 2.65. The number of terminal acetylenes is 1. The van der Waals surface area contributed by atoms with E-state index in [2.05, 4.69) is 5.92 Å². The summed E-state index contributed by atoms with van der Waals surface area (Å²) in [6, 6.07) is 4.76. The van der Waals surface area contributed by atoms with Crippen molar-refractivity contribution in [2.45, 2.75) is 6.42 Å². The van der Waals surface area contributed by atoms with Crippen LogP contribution in [0.4, 0.5) is 5.69 Å². The molecule has 0 N–H and O–H groups in total. The Bertz CT molecular complexity index is 516. The highest BCUT2D eigenvalue weighted by Crippen LogP contribution is 2.31. The smallest absolute Gasteiger partial charge is 0.299 e. The second-order valence-corrected chi connectivity index (χ2v) is 3.84. The van der Waals surface area contributed by atoms with Gasteiger partial charge in [0.25, 0.3) is 11.7 Å². The van der Waals surface area contributed by atoms with Crippen molar-refractivity contribution in [1.29, 1.82) is 0 Å². The average molecular weight is 234 g/mol. The molecule has 1 aromatic carbocycles. The lowest BCUT2D eigenvalue weighted by molar-refractivity contribution is -0.114. The predicted molar refractivity (Wildman–Crippen MR) is 61.6 cm³/mol. The Balaban J connectivity index is 2.44. The lowest BCUT2D eigenvalue weighted by Gasteiger charge is -2.14. The second kappa shape index (κ2) is 3.99. The quantitative estimate of drug-likeness (QED) is 0.578. The van der Waals surface area contributed by atoms with E-state index in [9.17, 15) is 9.59 Å². The van der Waals surface area contributed by atoms with Gasteiger partial charge in [0, 0.05) is 18.0 Å². The fraction of sp³-hybridized carbons (Fsp3) is 0.167. The molecule has 80 valence electrons. The number of benzene rings is 1. The third-order valence-electron chi connectivity index (χ3n) is 2.41. The van der Waals surface area contributed by atoms with Crippen LogP contribution in [0.15, 0.2) is 18.2 Å². The van der Waals surface area contributed by atoms with Gasteiger partial charge in [-0.1, -0.05) is 11.6 Å². The number of hydrogen-bond donors (Lipinski definition) is 0. The van der Waals surface area contributed by atoms with E-state index in [-0.39, 0.29) is 0 Å². The number of halogens is 1. The molecule has 2 rings (SSSR count). The number of anilines is 1. The van der Waals surface area contributed by atoms with E-state index in [1.165, 1.54) is 4.90 Å². The molecule has 1 amide bonds. The SMILES string of the molecule is C#CCCN1C(=O)C(=O)c2ccc(Cl)cc21. The van der Waals surface area contributed by atoms with Crippen LogP contribution in [0.25, 0.3) is 0 Å². The maximum Gasteiger partial charge on any atom is 0.299 e. The summed E-state index contributed by atoms with van der Waals surface area (Å²) in [5.74, 6) is 1.41. The van der Waals surface area contributed by atoms with Crippen LogP contribution >= 0.6 is 11.6 Å². The molecular formula is C12H8ClNO2. The Morgan fingerprint density at radius 3 is 2.81 bits per heavy atom. The lowest BCUT2D eigenvalue weighted by atomic mass is 10.1. The summed E-state index contributed by atoms with van der Waals surface area (Å²) in [7, 11) is 0. The first-order valence-corrected chi connectivity index (χ1v) is 5.12. The van der Waals surface area contributed by atoms with Gasteiger partial charge in [0.2, 0.25) is 0 Å². The number of Topliss-reactive ketones (excluding diaryl/α,β-unsaturated/α-hetero) is 1. The van der Waals surface area contributed by atoms with Gasteiger partial charge in [0.15, 0.2) is 0 Å². The molecule has 1 aromatic rings. The number of carbonyl (C=O) groups excluding carboxylic acids is 2. The number of rotatable bonds is 2. The van der Waals surface area contributed by atoms with Gasteiger partial charge in [-0.05, 0) is 18.2 Å². The van der Waals surface area contributed by atoms with Gasteiger partial charge in [0.05, 0.1) is 11.3 Å². The molecule has 0 atom stereocenters. The summed E-state index contributed by atoms with van der Waals surface area (Å²) in [4.78, 5) is 24.6. The van der Waals surface area contributed by atoms with Crippen LogP contribution in [0.2, 0.25) is 5.02 Å². The zero-order valence-electron chi connectivity index (χ0n) is 8.37. The fourth-order valence-corrected chi connectivity index (χ4v) is 1.83. The molecule has 0 fully saturated rings. The monoisotopic (exact) mass is 233 g/mol. The number of amides is 1. The number of hydrogen-bond acceptors (Lipinski definition) is 2. The molecule has 0 aliphatic carbocycles. The maximum atomic E-state index is 11.6. The molecular weight excluding hydrogens is 226 g/mol. The lowest BCUT2D eigenvalue weighted by Crippen LogP contribution is -2.30. The van der Waals surface area contributed by atoms with E-state index >= 15 is 0 Å². The molecule has 0 saturated carbocycles. The number of nitrogens with zero attached hydrogens (tertiary/aromatic N) is 1. The standard InChI is InChI=1S/C12H8ClNO2/c1-2-3-6-14-10-7-8(13)4-5-9(10)11(15)12(14)16/h1,4-5,7H,3,6H2. The molecule has 3 nitrogen and oxygen atoms in total. The number of ketones is 1. The summed E-state index contributed by atoms with van der Waals surface area (Å²) >= 11 is 5.83. The Morgan fingerprint density at radius 2 is 2.12 bits per heavy atom. The normalized spacial score (nSPS) is 13.9. The Hall–Kier alpha value is -1.79. The van der Waals surface area contributed by atoms with Gasteiger partial charge in [-0.15, -0.1) is 12.3 Å². The van der Waals surface area contributed by atoms with Gasteiger partial charge < -0.3 is 4.90 Å². The van der Waals surface area contributed by atoms with E-state index in [1.54, 1.807) is 18.2 Å². The van der Waals surface area contributed by atoms with E-state index in [0.29, 0.717) is 29.2 Å². The van der Waals surface area contributed by atoms with Crippen LogP contribution in [0, 0.1) is 12.3 Å². The molecule has 1 heterocycles. The molecule has 0 bridgehead atoms. The van der Waals surface area contributed by atoms with E-state index in [1.807, 2.05) is 0 Å². The Morgan fingerprint density at radius 1 is 1.38 bits per heavy atom.